The van der Waals surface area contributed by atoms with Gasteiger partial charge in [0.1, 0.15) is 6.54 Å². The van der Waals surface area contributed by atoms with Crippen LogP contribution in [-0.4, -0.2) is 21.9 Å². The van der Waals surface area contributed by atoms with Gasteiger partial charge in [-0.25, -0.2) is 0 Å². The zero-order chi connectivity index (χ0) is 18.5. The van der Waals surface area contributed by atoms with E-state index in [9.17, 15) is 9.59 Å². The first kappa shape index (κ1) is 18.6. The van der Waals surface area contributed by atoms with Gasteiger partial charge in [-0.05, 0) is 38.0 Å². The normalized spacial score (nSPS) is 10.8. The minimum Gasteiger partial charge on any atom is -0.336 e. The molecule has 0 atom stereocenters. The van der Waals surface area contributed by atoms with Gasteiger partial charge < -0.3 is 4.90 Å². The van der Waals surface area contributed by atoms with E-state index in [4.69, 9.17) is 0 Å². The molecule has 0 radical (unpaired) electrons. The molecule has 2 heterocycles. The number of amides is 1. The molecule has 2 aromatic heterocycles. The van der Waals surface area contributed by atoms with Crippen molar-refractivity contribution in [3.63, 3.8) is 0 Å². The number of thiophene rings is 1. The van der Waals surface area contributed by atoms with Crippen LogP contribution >= 0.6 is 22.7 Å². The quantitative estimate of drug-likeness (QED) is 0.619. The van der Waals surface area contributed by atoms with Gasteiger partial charge in [0, 0.05) is 27.4 Å². The van der Waals surface area contributed by atoms with Gasteiger partial charge in [0.15, 0.2) is 0 Å². The van der Waals surface area contributed by atoms with Crippen LogP contribution in [0.1, 0.15) is 21.0 Å². The number of benzene rings is 1. The predicted octanol–water partition coefficient (Wildman–Crippen LogP) is 3.86. The van der Waals surface area contributed by atoms with Crippen molar-refractivity contribution in [1.29, 1.82) is 0 Å². The molecular formula is C20H22N2O2S2. The molecule has 0 aliphatic rings. The molecule has 0 N–H and O–H groups in total. The van der Waals surface area contributed by atoms with E-state index in [2.05, 4.69) is 31.2 Å². The number of nitrogens with zero attached hydrogens (tertiary/aromatic N) is 2. The molecule has 3 aromatic rings. The van der Waals surface area contributed by atoms with Crippen molar-refractivity contribution >= 4 is 28.6 Å². The highest BCUT2D eigenvalue weighted by Gasteiger charge is 2.17. The van der Waals surface area contributed by atoms with Gasteiger partial charge in [-0.1, -0.05) is 41.7 Å². The highest BCUT2D eigenvalue weighted by Crippen LogP contribution is 2.18. The Kier molecular flexibility index (Phi) is 6.06. The number of carbonyl (C=O) groups excluding carboxylic acids is 1. The lowest BCUT2D eigenvalue weighted by atomic mass is 10.1. The lowest BCUT2D eigenvalue weighted by Gasteiger charge is -2.23. The summed E-state index contributed by atoms with van der Waals surface area (Å²) >= 11 is 2.85. The molecule has 136 valence electrons. The van der Waals surface area contributed by atoms with Crippen molar-refractivity contribution in [2.75, 3.05) is 6.54 Å². The van der Waals surface area contributed by atoms with Gasteiger partial charge in [-0.15, -0.1) is 11.3 Å². The van der Waals surface area contributed by atoms with Crippen LogP contribution in [0.3, 0.4) is 0 Å². The van der Waals surface area contributed by atoms with Crippen molar-refractivity contribution in [2.45, 2.75) is 33.4 Å². The monoisotopic (exact) mass is 386 g/mol. The molecule has 0 saturated heterocycles. The van der Waals surface area contributed by atoms with Gasteiger partial charge in [0.25, 0.3) is 0 Å². The standard InChI is InChI=1S/C20H22N2O2S2/c1-15-14-25-20(24)22(15)13-19(23)21(12-18-9-8-16(2)26-18)11-10-17-6-4-3-5-7-17/h3-9,14H,10-13H2,1-2H3. The van der Waals surface area contributed by atoms with Gasteiger partial charge in [0.05, 0.1) is 6.54 Å². The number of carbonyl (C=O) groups is 1. The summed E-state index contributed by atoms with van der Waals surface area (Å²) < 4.78 is 1.56. The van der Waals surface area contributed by atoms with Gasteiger partial charge in [-0.2, -0.15) is 0 Å². The molecule has 0 saturated carbocycles. The van der Waals surface area contributed by atoms with E-state index >= 15 is 0 Å². The molecule has 0 aliphatic heterocycles. The minimum absolute atomic E-state index is 0.0180. The number of aryl methyl sites for hydroxylation is 2. The van der Waals surface area contributed by atoms with Crippen molar-refractivity contribution < 1.29 is 4.79 Å². The third-order valence-electron chi connectivity index (χ3n) is 4.28. The van der Waals surface area contributed by atoms with Gasteiger partial charge in [-0.3, -0.25) is 14.2 Å². The number of thiazole rings is 1. The molecule has 0 bridgehead atoms. The van der Waals surface area contributed by atoms with Crippen LogP contribution < -0.4 is 4.87 Å². The Morgan fingerprint density at radius 2 is 1.88 bits per heavy atom. The fraction of sp³-hybridized carbons (Fsp3) is 0.300. The molecule has 4 nitrogen and oxygen atoms in total. The fourth-order valence-electron chi connectivity index (χ4n) is 2.79. The maximum atomic E-state index is 12.9. The summed E-state index contributed by atoms with van der Waals surface area (Å²) in [6.07, 6.45) is 0.800. The first-order valence-corrected chi connectivity index (χ1v) is 10.2. The number of hydrogen-bond donors (Lipinski definition) is 0. The molecule has 6 heteroatoms. The van der Waals surface area contributed by atoms with Crippen molar-refractivity contribution in [3.05, 3.63) is 78.5 Å². The lowest BCUT2D eigenvalue weighted by molar-refractivity contribution is -0.132. The van der Waals surface area contributed by atoms with E-state index in [1.165, 1.54) is 15.3 Å². The molecule has 0 aliphatic carbocycles. The second-order valence-corrected chi connectivity index (χ2v) is 8.49. The average Bonchev–Trinajstić information content (AvgIpc) is 3.19. The average molecular weight is 387 g/mol. The van der Waals surface area contributed by atoms with Crippen LogP contribution in [0.4, 0.5) is 0 Å². The van der Waals surface area contributed by atoms with Crippen LogP contribution in [0.5, 0.6) is 0 Å². The number of aromatic nitrogens is 1. The first-order chi connectivity index (χ1) is 12.5. The van der Waals surface area contributed by atoms with Crippen LogP contribution in [0.2, 0.25) is 0 Å². The van der Waals surface area contributed by atoms with E-state index in [-0.39, 0.29) is 17.3 Å². The summed E-state index contributed by atoms with van der Waals surface area (Å²) in [5.74, 6) is -0.0180. The lowest BCUT2D eigenvalue weighted by Crippen LogP contribution is -2.36. The minimum atomic E-state index is -0.0779. The summed E-state index contributed by atoms with van der Waals surface area (Å²) in [6, 6.07) is 14.3. The van der Waals surface area contributed by atoms with E-state index in [0.29, 0.717) is 13.1 Å². The molecule has 0 unspecified atom stereocenters. The van der Waals surface area contributed by atoms with Gasteiger partial charge in [0.2, 0.25) is 5.91 Å². The Morgan fingerprint density at radius 3 is 2.50 bits per heavy atom. The summed E-state index contributed by atoms with van der Waals surface area (Å²) in [7, 11) is 0. The smallest absolute Gasteiger partial charge is 0.307 e. The molecule has 26 heavy (non-hydrogen) atoms. The predicted molar refractivity (Wildman–Crippen MR) is 108 cm³/mol. The summed E-state index contributed by atoms with van der Waals surface area (Å²) in [5, 5.41) is 1.80. The van der Waals surface area contributed by atoms with Crippen LogP contribution in [0.15, 0.2) is 52.6 Å². The SMILES string of the molecule is Cc1ccc(CN(CCc2ccccc2)C(=O)Cn2c(C)csc2=O)s1. The van der Waals surface area contributed by atoms with Crippen molar-refractivity contribution in [3.8, 4) is 0 Å². The first-order valence-electron chi connectivity index (χ1n) is 8.55. The molecule has 3 rings (SSSR count). The van der Waals surface area contributed by atoms with Crippen LogP contribution in [0, 0.1) is 13.8 Å². The zero-order valence-electron chi connectivity index (χ0n) is 15.0. The summed E-state index contributed by atoms with van der Waals surface area (Å²) in [4.78, 5) is 29.1. The third-order valence-corrected chi connectivity index (χ3v) is 6.14. The van der Waals surface area contributed by atoms with E-state index in [1.54, 1.807) is 21.3 Å². The second-order valence-electron chi connectivity index (χ2n) is 6.29. The maximum absolute atomic E-state index is 12.9. The topological polar surface area (TPSA) is 42.3 Å². The number of rotatable bonds is 7. The van der Waals surface area contributed by atoms with Crippen LogP contribution in [-0.2, 0) is 24.3 Å². The Labute approximate surface area is 161 Å². The Hall–Kier alpha value is -2.18. The molecule has 0 fully saturated rings. The molecule has 0 spiro atoms. The third kappa shape index (κ3) is 4.71. The van der Waals surface area contributed by atoms with E-state index in [1.807, 2.05) is 30.0 Å². The Balaban J connectivity index is 1.74. The Morgan fingerprint density at radius 1 is 1.12 bits per heavy atom. The van der Waals surface area contributed by atoms with E-state index < -0.39 is 0 Å². The molecule has 1 amide bonds. The highest BCUT2D eigenvalue weighted by molar-refractivity contribution is 7.11. The summed E-state index contributed by atoms with van der Waals surface area (Å²) in [6.45, 7) is 5.26. The van der Waals surface area contributed by atoms with Gasteiger partial charge >= 0.3 is 4.87 Å². The second kappa shape index (κ2) is 8.47. The zero-order valence-corrected chi connectivity index (χ0v) is 16.6. The largest absolute Gasteiger partial charge is 0.336 e. The molecular weight excluding hydrogens is 364 g/mol. The van der Waals surface area contributed by atoms with Crippen molar-refractivity contribution in [2.24, 2.45) is 0 Å². The van der Waals surface area contributed by atoms with Crippen molar-refractivity contribution in [1.82, 2.24) is 9.47 Å². The fourth-order valence-corrected chi connectivity index (χ4v) is 4.43. The number of hydrogen-bond acceptors (Lipinski definition) is 4. The van der Waals surface area contributed by atoms with Crippen LogP contribution in [0.25, 0.3) is 0 Å². The van der Waals surface area contributed by atoms with E-state index in [0.717, 1.165) is 23.5 Å². The molecule has 1 aromatic carbocycles. The highest BCUT2D eigenvalue weighted by atomic mass is 32.1. The maximum Gasteiger partial charge on any atom is 0.307 e. The summed E-state index contributed by atoms with van der Waals surface area (Å²) in [5.41, 5.74) is 2.04. The Bertz CT molecular complexity index is 925.